The van der Waals surface area contributed by atoms with E-state index >= 15 is 0 Å². The van der Waals surface area contributed by atoms with Gasteiger partial charge in [-0.3, -0.25) is 4.79 Å². The van der Waals surface area contributed by atoms with Crippen LogP contribution in [0, 0.1) is 0 Å². The Morgan fingerprint density at radius 3 is 2.89 bits per heavy atom. The summed E-state index contributed by atoms with van der Waals surface area (Å²) in [7, 11) is 0. The molecule has 1 aromatic heterocycles. The highest BCUT2D eigenvalue weighted by atomic mass is 79.9. The van der Waals surface area contributed by atoms with Gasteiger partial charge in [-0.1, -0.05) is 0 Å². The standard InChI is InChI=1S/C13H12BrNO3S/c1-2-17-11-6-9(7-16)5-10(14)13(11)18-8-12-15-3-4-19-12/h3-7H,2,8H2,1H3. The third-order valence-corrected chi connectivity index (χ3v) is 3.63. The van der Waals surface area contributed by atoms with Crippen LogP contribution in [0.4, 0.5) is 0 Å². The molecule has 2 aromatic rings. The second kappa shape index (κ2) is 6.68. The summed E-state index contributed by atoms with van der Waals surface area (Å²) in [6.07, 6.45) is 2.51. The molecule has 0 aliphatic heterocycles. The number of benzene rings is 1. The van der Waals surface area contributed by atoms with Gasteiger partial charge in [0.1, 0.15) is 17.9 Å². The summed E-state index contributed by atoms with van der Waals surface area (Å²) in [4.78, 5) is 15.0. The van der Waals surface area contributed by atoms with E-state index in [9.17, 15) is 4.79 Å². The molecule has 0 radical (unpaired) electrons. The molecule has 1 aromatic carbocycles. The highest BCUT2D eigenvalue weighted by Crippen LogP contribution is 2.37. The summed E-state index contributed by atoms with van der Waals surface area (Å²) in [6, 6.07) is 3.37. The first-order valence-corrected chi connectivity index (χ1v) is 7.34. The average molecular weight is 342 g/mol. The Kier molecular flexibility index (Phi) is 4.93. The first kappa shape index (κ1) is 14.0. The second-order valence-electron chi connectivity index (χ2n) is 3.60. The lowest BCUT2D eigenvalue weighted by molar-refractivity contribution is 0.112. The average Bonchev–Trinajstić information content (AvgIpc) is 2.91. The Bertz CT molecular complexity index is 557. The van der Waals surface area contributed by atoms with Gasteiger partial charge < -0.3 is 9.47 Å². The van der Waals surface area contributed by atoms with Crippen LogP contribution in [-0.4, -0.2) is 17.9 Å². The highest BCUT2D eigenvalue weighted by molar-refractivity contribution is 9.10. The van der Waals surface area contributed by atoms with Crippen molar-refractivity contribution >= 4 is 33.6 Å². The Hall–Kier alpha value is -1.40. The Balaban J connectivity index is 2.24. The van der Waals surface area contributed by atoms with Gasteiger partial charge in [0.25, 0.3) is 0 Å². The molecule has 0 saturated carbocycles. The van der Waals surface area contributed by atoms with E-state index in [0.717, 1.165) is 11.3 Å². The monoisotopic (exact) mass is 341 g/mol. The fourth-order valence-electron chi connectivity index (χ4n) is 1.52. The third-order valence-electron chi connectivity index (χ3n) is 2.29. The predicted molar refractivity (Wildman–Crippen MR) is 77.1 cm³/mol. The molecular formula is C13H12BrNO3S. The van der Waals surface area contributed by atoms with Gasteiger partial charge in [-0.05, 0) is 35.0 Å². The molecule has 0 N–H and O–H groups in total. The molecule has 4 nitrogen and oxygen atoms in total. The van der Waals surface area contributed by atoms with Crippen molar-refractivity contribution < 1.29 is 14.3 Å². The number of rotatable bonds is 6. The maximum atomic E-state index is 10.8. The first-order valence-electron chi connectivity index (χ1n) is 5.67. The van der Waals surface area contributed by atoms with E-state index in [2.05, 4.69) is 20.9 Å². The second-order valence-corrected chi connectivity index (χ2v) is 5.43. The van der Waals surface area contributed by atoms with Gasteiger partial charge in [-0.25, -0.2) is 4.98 Å². The molecule has 6 heteroatoms. The molecule has 0 fully saturated rings. The van der Waals surface area contributed by atoms with Crippen molar-refractivity contribution in [3.8, 4) is 11.5 Å². The van der Waals surface area contributed by atoms with Crippen LogP contribution in [0.5, 0.6) is 11.5 Å². The highest BCUT2D eigenvalue weighted by Gasteiger charge is 2.12. The normalized spacial score (nSPS) is 10.2. The van der Waals surface area contributed by atoms with Crippen LogP contribution in [0.1, 0.15) is 22.3 Å². The summed E-state index contributed by atoms with van der Waals surface area (Å²) >= 11 is 4.92. The lowest BCUT2D eigenvalue weighted by Gasteiger charge is -2.13. The number of halogens is 1. The van der Waals surface area contributed by atoms with Crippen LogP contribution < -0.4 is 9.47 Å². The number of ether oxygens (including phenoxy) is 2. The topological polar surface area (TPSA) is 48.4 Å². The van der Waals surface area contributed by atoms with E-state index < -0.39 is 0 Å². The van der Waals surface area contributed by atoms with Gasteiger partial charge in [-0.2, -0.15) is 0 Å². The van der Waals surface area contributed by atoms with Crippen molar-refractivity contribution in [1.82, 2.24) is 4.98 Å². The fourth-order valence-corrected chi connectivity index (χ4v) is 2.62. The van der Waals surface area contributed by atoms with Gasteiger partial charge in [0, 0.05) is 17.1 Å². The number of hydrogen-bond donors (Lipinski definition) is 0. The summed E-state index contributed by atoms with van der Waals surface area (Å²) in [5, 5.41) is 2.78. The van der Waals surface area contributed by atoms with E-state index in [1.54, 1.807) is 18.3 Å². The van der Waals surface area contributed by atoms with Crippen molar-refractivity contribution in [2.45, 2.75) is 13.5 Å². The smallest absolute Gasteiger partial charge is 0.176 e. The number of nitrogens with zero attached hydrogens (tertiary/aromatic N) is 1. The third kappa shape index (κ3) is 3.54. The number of hydrogen-bond acceptors (Lipinski definition) is 5. The van der Waals surface area contributed by atoms with Crippen LogP contribution in [0.3, 0.4) is 0 Å². The van der Waals surface area contributed by atoms with Crippen LogP contribution in [0.2, 0.25) is 0 Å². The minimum atomic E-state index is 0.372. The Morgan fingerprint density at radius 2 is 2.26 bits per heavy atom. The molecule has 2 rings (SSSR count). The molecule has 1 heterocycles. The zero-order valence-corrected chi connectivity index (χ0v) is 12.7. The number of aldehydes is 1. The lowest BCUT2D eigenvalue weighted by atomic mass is 10.2. The Morgan fingerprint density at radius 1 is 1.42 bits per heavy atom. The minimum absolute atomic E-state index is 0.372. The van der Waals surface area contributed by atoms with E-state index in [1.807, 2.05) is 12.3 Å². The van der Waals surface area contributed by atoms with Crippen molar-refractivity contribution in [2.75, 3.05) is 6.61 Å². The maximum Gasteiger partial charge on any atom is 0.176 e. The van der Waals surface area contributed by atoms with Crippen LogP contribution in [0.15, 0.2) is 28.2 Å². The zero-order valence-electron chi connectivity index (χ0n) is 10.3. The number of carbonyl (C=O) groups excluding carboxylic acids is 1. The van der Waals surface area contributed by atoms with Crippen LogP contribution in [0.25, 0.3) is 0 Å². The quantitative estimate of drug-likeness (QED) is 0.751. The minimum Gasteiger partial charge on any atom is -0.490 e. The molecule has 0 bridgehead atoms. The summed E-state index contributed by atoms with van der Waals surface area (Å²) < 4.78 is 11.9. The Labute approximate surface area is 123 Å². The fraction of sp³-hybridized carbons (Fsp3) is 0.231. The lowest BCUT2D eigenvalue weighted by Crippen LogP contribution is -2.01. The van der Waals surface area contributed by atoms with E-state index in [4.69, 9.17) is 9.47 Å². The summed E-state index contributed by atoms with van der Waals surface area (Å²) in [5.41, 5.74) is 0.539. The molecule has 19 heavy (non-hydrogen) atoms. The summed E-state index contributed by atoms with van der Waals surface area (Å²) in [6.45, 7) is 2.76. The van der Waals surface area contributed by atoms with Crippen molar-refractivity contribution in [3.63, 3.8) is 0 Å². The first-order chi connectivity index (χ1) is 9.24. The number of aromatic nitrogens is 1. The number of thiazole rings is 1. The van der Waals surface area contributed by atoms with Crippen LogP contribution in [-0.2, 0) is 6.61 Å². The zero-order chi connectivity index (χ0) is 13.7. The largest absolute Gasteiger partial charge is 0.490 e. The number of carbonyl (C=O) groups is 1. The molecule has 100 valence electrons. The molecule has 0 aliphatic rings. The van der Waals surface area contributed by atoms with Gasteiger partial charge in [0.05, 0.1) is 11.1 Å². The molecule has 0 atom stereocenters. The maximum absolute atomic E-state index is 10.8. The van der Waals surface area contributed by atoms with Crippen molar-refractivity contribution in [2.24, 2.45) is 0 Å². The molecule has 0 spiro atoms. The predicted octanol–water partition coefficient (Wildman–Crippen LogP) is 3.70. The van der Waals surface area contributed by atoms with E-state index in [0.29, 0.717) is 34.7 Å². The van der Waals surface area contributed by atoms with Crippen molar-refractivity contribution in [3.05, 3.63) is 38.8 Å². The molecule has 0 aliphatic carbocycles. The van der Waals surface area contributed by atoms with Gasteiger partial charge in [0.2, 0.25) is 0 Å². The molecule has 0 saturated heterocycles. The molecule has 0 amide bonds. The van der Waals surface area contributed by atoms with Crippen molar-refractivity contribution in [1.29, 1.82) is 0 Å². The molecular weight excluding hydrogens is 330 g/mol. The van der Waals surface area contributed by atoms with Crippen LogP contribution >= 0.6 is 27.3 Å². The summed E-state index contributed by atoms with van der Waals surface area (Å²) in [5.74, 6) is 1.14. The van der Waals surface area contributed by atoms with Gasteiger partial charge in [0.15, 0.2) is 11.5 Å². The van der Waals surface area contributed by atoms with Gasteiger partial charge >= 0.3 is 0 Å². The van der Waals surface area contributed by atoms with E-state index in [1.165, 1.54) is 11.3 Å². The van der Waals surface area contributed by atoms with E-state index in [-0.39, 0.29) is 0 Å². The molecule has 0 unspecified atom stereocenters. The SMILES string of the molecule is CCOc1cc(C=O)cc(Br)c1OCc1nccs1. The van der Waals surface area contributed by atoms with Gasteiger partial charge in [-0.15, -0.1) is 11.3 Å².